The first-order chi connectivity index (χ1) is 10.0. The maximum Gasteiger partial charge on any atom is 0.131 e. The zero-order chi connectivity index (χ0) is 15.4. The van der Waals surface area contributed by atoms with Gasteiger partial charge in [-0.25, -0.2) is 4.39 Å². The zero-order valence-electron chi connectivity index (χ0n) is 13.2. The van der Waals surface area contributed by atoms with Crippen LogP contribution in [0.15, 0.2) is 30.3 Å². The largest absolute Gasteiger partial charge is 0.309 e. The van der Waals surface area contributed by atoms with Crippen LogP contribution in [-0.4, -0.2) is 6.54 Å². The molecule has 0 radical (unpaired) electrons. The van der Waals surface area contributed by atoms with Crippen LogP contribution in [0.25, 0.3) is 10.4 Å². The topological polar surface area (TPSA) is 12.0 Å². The number of hydrogen-bond acceptors (Lipinski definition) is 2. The molecule has 0 aliphatic carbocycles. The van der Waals surface area contributed by atoms with Crippen LogP contribution in [-0.2, 0) is 0 Å². The molecule has 1 unspecified atom stereocenters. The first kappa shape index (κ1) is 16.2. The third-order valence-electron chi connectivity index (χ3n) is 3.60. The summed E-state index contributed by atoms with van der Waals surface area (Å²) < 4.78 is 14.0. The minimum Gasteiger partial charge on any atom is -0.309 e. The summed E-state index contributed by atoms with van der Waals surface area (Å²) in [6.07, 6.45) is 1.12. The molecule has 1 aromatic heterocycles. The fourth-order valence-electron chi connectivity index (χ4n) is 2.46. The lowest BCUT2D eigenvalue weighted by Crippen LogP contribution is -2.25. The number of aryl methyl sites for hydroxylation is 1. The molecule has 21 heavy (non-hydrogen) atoms. The fraction of sp³-hybridized carbons (Fsp3) is 0.444. The molecule has 0 aliphatic heterocycles. The molecule has 0 amide bonds. The Kier molecular flexibility index (Phi) is 5.54. The van der Waals surface area contributed by atoms with Crippen molar-refractivity contribution in [2.24, 2.45) is 5.92 Å². The van der Waals surface area contributed by atoms with Gasteiger partial charge in [-0.1, -0.05) is 32.4 Å². The molecular formula is C18H24FNS. The Morgan fingerprint density at radius 1 is 1.19 bits per heavy atom. The normalized spacial score (nSPS) is 12.9. The van der Waals surface area contributed by atoms with Gasteiger partial charge in [0.2, 0.25) is 0 Å². The number of thiophene rings is 1. The lowest BCUT2D eigenvalue weighted by atomic mass is 10.0. The zero-order valence-corrected chi connectivity index (χ0v) is 14.1. The van der Waals surface area contributed by atoms with Crippen LogP contribution in [0, 0.1) is 18.7 Å². The molecule has 2 rings (SSSR count). The Labute approximate surface area is 131 Å². The Bertz CT molecular complexity index is 589. The van der Waals surface area contributed by atoms with E-state index in [4.69, 9.17) is 0 Å². The summed E-state index contributed by atoms with van der Waals surface area (Å²) in [6, 6.07) is 9.81. The predicted molar refractivity (Wildman–Crippen MR) is 90.3 cm³/mol. The lowest BCUT2D eigenvalue weighted by Gasteiger charge is -2.21. The summed E-state index contributed by atoms with van der Waals surface area (Å²) in [5.74, 6) is 0.377. The van der Waals surface area contributed by atoms with Gasteiger partial charge in [-0.2, -0.15) is 0 Å². The van der Waals surface area contributed by atoms with E-state index in [-0.39, 0.29) is 5.82 Å². The number of hydrogen-bond donors (Lipinski definition) is 1. The van der Waals surface area contributed by atoms with Crippen molar-refractivity contribution in [3.05, 3.63) is 46.6 Å². The van der Waals surface area contributed by atoms with Gasteiger partial charge in [-0.15, -0.1) is 11.3 Å². The van der Waals surface area contributed by atoms with Crippen molar-refractivity contribution in [2.75, 3.05) is 6.54 Å². The minimum absolute atomic E-state index is 0.142. The van der Waals surface area contributed by atoms with Gasteiger partial charge in [0.15, 0.2) is 0 Å². The average Bonchev–Trinajstić information content (AvgIpc) is 2.91. The number of halogens is 1. The quantitative estimate of drug-likeness (QED) is 0.736. The van der Waals surface area contributed by atoms with Crippen LogP contribution in [0.3, 0.4) is 0 Å². The summed E-state index contributed by atoms with van der Waals surface area (Å²) >= 11 is 1.69. The molecule has 0 saturated heterocycles. The molecular weight excluding hydrogens is 281 g/mol. The predicted octanol–water partition coefficient (Wildman–Crippen LogP) is 5.56. The molecule has 0 spiro atoms. The minimum atomic E-state index is -0.142. The van der Waals surface area contributed by atoms with E-state index in [9.17, 15) is 4.39 Å². The highest BCUT2D eigenvalue weighted by Crippen LogP contribution is 2.35. The van der Waals surface area contributed by atoms with Crippen molar-refractivity contribution < 1.29 is 4.39 Å². The van der Waals surface area contributed by atoms with Gasteiger partial charge in [-0.05, 0) is 50.1 Å². The standard InChI is InChI=1S/C18H24FNS/c1-5-10-20-18(12(2)3)17-9-8-16(21-17)14-11-13(4)6-7-15(14)19/h6-9,11-12,18,20H,5,10H2,1-4H3. The van der Waals surface area contributed by atoms with Crippen molar-refractivity contribution >= 4 is 11.3 Å². The molecule has 114 valence electrons. The maximum absolute atomic E-state index is 14.0. The Hall–Kier alpha value is -1.19. The van der Waals surface area contributed by atoms with Crippen LogP contribution < -0.4 is 5.32 Å². The van der Waals surface area contributed by atoms with Gasteiger partial charge in [0.1, 0.15) is 5.82 Å². The molecule has 0 saturated carbocycles. The van der Waals surface area contributed by atoms with E-state index in [1.54, 1.807) is 17.4 Å². The molecule has 0 fully saturated rings. The molecule has 0 aliphatic rings. The summed E-state index contributed by atoms with van der Waals surface area (Å²) in [4.78, 5) is 2.30. The maximum atomic E-state index is 14.0. The molecule has 0 bridgehead atoms. The second-order valence-electron chi connectivity index (χ2n) is 5.86. The highest BCUT2D eigenvalue weighted by molar-refractivity contribution is 7.15. The van der Waals surface area contributed by atoms with E-state index in [1.165, 1.54) is 4.88 Å². The Morgan fingerprint density at radius 3 is 2.62 bits per heavy atom. The molecule has 1 nitrogen and oxygen atoms in total. The molecule has 1 N–H and O–H groups in total. The Morgan fingerprint density at radius 2 is 1.95 bits per heavy atom. The van der Waals surface area contributed by atoms with Crippen molar-refractivity contribution in [3.63, 3.8) is 0 Å². The summed E-state index contributed by atoms with van der Waals surface area (Å²) in [6.45, 7) is 9.62. The van der Waals surface area contributed by atoms with Crippen LogP contribution in [0.4, 0.5) is 4.39 Å². The van der Waals surface area contributed by atoms with Crippen molar-refractivity contribution in [1.82, 2.24) is 5.32 Å². The second-order valence-corrected chi connectivity index (χ2v) is 6.98. The smallest absolute Gasteiger partial charge is 0.131 e. The van der Waals surface area contributed by atoms with Crippen LogP contribution in [0.5, 0.6) is 0 Å². The molecule has 1 aromatic carbocycles. The van der Waals surface area contributed by atoms with Crippen molar-refractivity contribution in [1.29, 1.82) is 0 Å². The fourth-order valence-corrected chi connectivity index (χ4v) is 3.73. The third-order valence-corrected chi connectivity index (χ3v) is 4.80. The number of benzene rings is 1. The molecule has 1 atom stereocenters. The number of nitrogens with one attached hydrogen (secondary N) is 1. The summed E-state index contributed by atoms with van der Waals surface area (Å²) in [7, 11) is 0. The first-order valence-electron chi connectivity index (χ1n) is 7.62. The summed E-state index contributed by atoms with van der Waals surface area (Å²) in [5.41, 5.74) is 1.80. The van der Waals surface area contributed by atoms with Gasteiger partial charge in [0.25, 0.3) is 0 Å². The van der Waals surface area contributed by atoms with Gasteiger partial charge in [-0.3, -0.25) is 0 Å². The van der Waals surface area contributed by atoms with Gasteiger partial charge in [0, 0.05) is 21.4 Å². The molecule has 1 heterocycles. The molecule has 3 heteroatoms. The van der Waals surface area contributed by atoms with Gasteiger partial charge < -0.3 is 5.32 Å². The van der Waals surface area contributed by atoms with Crippen LogP contribution in [0.2, 0.25) is 0 Å². The van der Waals surface area contributed by atoms with E-state index in [0.29, 0.717) is 17.5 Å². The highest BCUT2D eigenvalue weighted by atomic mass is 32.1. The summed E-state index contributed by atoms with van der Waals surface area (Å²) in [5, 5.41) is 3.59. The van der Waals surface area contributed by atoms with Crippen molar-refractivity contribution in [3.8, 4) is 10.4 Å². The van der Waals surface area contributed by atoms with E-state index in [0.717, 1.165) is 23.4 Å². The monoisotopic (exact) mass is 305 g/mol. The van der Waals surface area contributed by atoms with E-state index in [1.807, 2.05) is 25.1 Å². The lowest BCUT2D eigenvalue weighted by molar-refractivity contribution is 0.418. The van der Waals surface area contributed by atoms with Gasteiger partial charge >= 0.3 is 0 Å². The number of rotatable bonds is 6. The second kappa shape index (κ2) is 7.19. The van der Waals surface area contributed by atoms with Gasteiger partial charge in [0.05, 0.1) is 0 Å². The SMILES string of the molecule is CCCNC(c1ccc(-c2cc(C)ccc2F)s1)C(C)C. The van der Waals surface area contributed by atoms with Crippen LogP contribution >= 0.6 is 11.3 Å². The van der Waals surface area contributed by atoms with E-state index >= 15 is 0 Å². The van der Waals surface area contributed by atoms with E-state index < -0.39 is 0 Å². The van der Waals surface area contributed by atoms with Crippen LogP contribution in [0.1, 0.15) is 43.7 Å². The third kappa shape index (κ3) is 3.92. The average molecular weight is 305 g/mol. The highest BCUT2D eigenvalue weighted by Gasteiger charge is 2.18. The Balaban J connectivity index is 2.29. The van der Waals surface area contributed by atoms with Crippen molar-refractivity contribution in [2.45, 2.75) is 40.2 Å². The molecule has 2 aromatic rings. The first-order valence-corrected chi connectivity index (χ1v) is 8.44. The van der Waals surface area contributed by atoms with E-state index in [2.05, 4.69) is 32.2 Å².